The van der Waals surface area contributed by atoms with Gasteiger partial charge in [0, 0.05) is 31.2 Å². The van der Waals surface area contributed by atoms with Gasteiger partial charge in [-0.05, 0) is 6.42 Å². The van der Waals surface area contributed by atoms with Crippen LogP contribution in [0, 0.1) is 0 Å². The summed E-state index contributed by atoms with van der Waals surface area (Å²) in [5.74, 6) is 0. The predicted octanol–water partition coefficient (Wildman–Crippen LogP) is 1.14. The Bertz CT molecular complexity index is 99.6. The molecule has 10 heavy (non-hydrogen) atoms. The Morgan fingerprint density at radius 2 is 2.50 bits per heavy atom. The zero-order valence-electron chi connectivity index (χ0n) is 6.35. The monoisotopic (exact) mass is 255 g/mol. The van der Waals surface area contributed by atoms with E-state index in [1.807, 2.05) is 0 Å². The fourth-order valence-electron chi connectivity index (χ4n) is 1.31. The minimum Gasteiger partial charge on any atom is -0.380 e. The highest BCUT2D eigenvalue weighted by Gasteiger charge is 2.20. The number of nitrogens with zero attached hydrogens (tertiary/aromatic N) is 1. The molecule has 0 amide bonds. The molecule has 1 aliphatic rings. The first-order valence-electron chi connectivity index (χ1n) is 3.68. The molecule has 0 aromatic heterocycles. The van der Waals surface area contributed by atoms with E-state index in [0.717, 1.165) is 6.54 Å². The molecule has 60 valence electrons. The van der Waals surface area contributed by atoms with Crippen LogP contribution in [-0.2, 0) is 4.74 Å². The summed E-state index contributed by atoms with van der Waals surface area (Å²) in [5.41, 5.74) is 0. The zero-order valence-corrected chi connectivity index (χ0v) is 8.50. The van der Waals surface area contributed by atoms with Gasteiger partial charge in [-0.3, -0.25) is 4.90 Å². The molecule has 0 aromatic rings. The quantitative estimate of drug-likeness (QED) is 0.554. The third kappa shape index (κ3) is 2.36. The van der Waals surface area contributed by atoms with Crippen molar-refractivity contribution in [1.82, 2.24) is 4.90 Å². The molecule has 0 aromatic carbocycles. The highest BCUT2D eigenvalue weighted by molar-refractivity contribution is 14.1. The van der Waals surface area contributed by atoms with Gasteiger partial charge in [0.25, 0.3) is 0 Å². The van der Waals surface area contributed by atoms with Gasteiger partial charge < -0.3 is 4.74 Å². The summed E-state index contributed by atoms with van der Waals surface area (Å²) in [6, 6.07) is 0. The number of ether oxygens (including phenoxy) is 1. The van der Waals surface area contributed by atoms with Crippen LogP contribution in [0.25, 0.3) is 0 Å². The van der Waals surface area contributed by atoms with Gasteiger partial charge in [0.05, 0.1) is 6.10 Å². The topological polar surface area (TPSA) is 12.5 Å². The maximum Gasteiger partial charge on any atom is 0.0710 e. The Morgan fingerprint density at radius 3 is 3.00 bits per heavy atom. The first-order valence-corrected chi connectivity index (χ1v) is 5.20. The molecule has 1 atom stereocenters. The van der Waals surface area contributed by atoms with Crippen molar-refractivity contribution in [2.45, 2.75) is 12.5 Å². The minimum absolute atomic E-state index is 0.503. The lowest BCUT2D eigenvalue weighted by Gasteiger charge is -2.12. The molecule has 1 rings (SSSR count). The van der Waals surface area contributed by atoms with E-state index >= 15 is 0 Å². The number of rotatable bonds is 3. The number of halogens is 1. The van der Waals surface area contributed by atoms with Crippen molar-refractivity contribution in [2.75, 3.05) is 31.2 Å². The summed E-state index contributed by atoms with van der Waals surface area (Å²) in [6.45, 7) is 3.58. The summed E-state index contributed by atoms with van der Waals surface area (Å²) < 4.78 is 6.47. The lowest BCUT2D eigenvalue weighted by molar-refractivity contribution is 0.109. The fraction of sp³-hybridized carbons (Fsp3) is 1.00. The fourth-order valence-corrected chi connectivity index (χ4v) is 1.99. The van der Waals surface area contributed by atoms with Crippen molar-refractivity contribution in [3.8, 4) is 0 Å². The summed E-state index contributed by atoms with van der Waals surface area (Å²) in [6.07, 6.45) is 1.72. The Labute approximate surface area is 76.1 Å². The number of hydrogen-bond acceptors (Lipinski definition) is 2. The number of likely N-dealkylation sites (tertiary alicyclic amines) is 1. The Balaban J connectivity index is 2.15. The smallest absolute Gasteiger partial charge is 0.0710 e. The van der Waals surface area contributed by atoms with E-state index in [2.05, 4.69) is 27.5 Å². The van der Waals surface area contributed by atoms with Crippen LogP contribution in [0.2, 0.25) is 0 Å². The Morgan fingerprint density at radius 1 is 1.70 bits per heavy atom. The van der Waals surface area contributed by atoms with Crippen molar-refractivity contribution in [3.63, 3.8) is 0 Å². The molecule has 0 unspecified atom stereocenters. The van der Waals surface area contributed by atoms with Gasteiger partial charge in [-0.25, -0.2) is 0 Å². The summed E-state index contributed by atoms with van der Waals surface area (Å²) in [4.78, 5) is 2.46. The Kier molecular flexibility index (Phi) is 3.95. The van der Waals surface area contributed by atoms with Crippen molar-refractivity contribution >= 4 is 22.6 Å². The summed E-state index contributed by atoms with van der Waals surface area (Å²) in [5, 5.41) is 0. The predicted molar refractivity (Wildman–Crippen MR) is 50.7 cm³/mol. The highest BCUT2D eigenvalue weighted by Crippen LogP contribution is 2.11. The van der Waals surface area contributed by atoms with Gasteiger partial charge in [0.1, 0.15) is 0 Å². The molecule has 0 aliphatic carbocycles. The van der Waals surface area contributed by atoms with E-state index in [-0.39, 0.29) is 0 Å². The van der Waals surface area contributed by atoms with Crippen molar-refractivity contribution in [1.29, 1.82) is 0 Å². The summed E-state index contributed by atoms with van der Waals surface area (Å²) in [7, 11) is 1.80. The standard InChI is InChI=1S/C7H14INO/c1-10-7-2-4-9(6-7)5-3-8/h7H,2-6H2,1H3/t7-/m1/s1. The van der Waals surface area contributed by atoms with Crippen LogP contribution in [0.1, 0.15) is 6.42 Å². The molecular formula is C7H14INO. The molecule has 0 bridgehead atoms. The van der Waals surface area contributed by atoms with Crippen LogP contribution in [0.5, 0.6) is 0 Å². The summed E-state index contributed by atoms with van der Waals surface area (Å²) >= 11 is 2.41. The molecule has 2 nitrogen and oxygen atoms in total. The lowest BCUT2D eigenvalue weighted by Crippen LogP contribution is -2.24. The number of hydrogen-bond donors (Lipinski definition) is 0. The molecule has 1 heterocycles. The average molecular weight is 255 g/mol. The van der Waals surface area contributed by atoms with Crippen molar-refractivity contribution in [3.05, 3.63) is 0 Å². The van der Waals surface area contributed by atoms with E-state index in [1.165, 1.54) is 23.9 Å². The third-order valence-electron chi connectivity index (χ3n) is 1.96. The van der Waals surface area contributed by atoms with Gasteiger partial charge in [0.15, 0.2) is 0 Å². The molecule has 1 saturated heterocycles. The number of alkyl halides is 1. The molecule has 1 aliphatic heterocycles. The van der Waals surface area contributed by atoms with Crippen LogP contribution in [0.15, 0.2) is 0 Å². The maximum atomic E-state index is 5.24. The van der Waals surface area contributed by atoms with E-state index in [4.69, 9.17) is 4.74 Å². The molecule has 1 fully saturated rings. The molecular weight excluding hydrogens is 241 g/mol. The van der Waals surface area contributed by atoms with Gasteiger partial charge in [-0.2, -0.15) is 0 Å². The normalized spacial score (nSPS) is 27.6. The van der Waals surface area contributed by atoms with Crippen molar-refractivity contribution in [2.24, 2.45) is 0 Å². The molecule has 0 saturated carbocycles. The second-order valence-electron chi connectivity index (χ2n) is 2.64. The zero-order chi connectivity index (χ0) is 7.40. The molecule has 3 heteroatoms. The van der Waals surface area contributed by atoms with Crippen molar-refractivity contribution < 1.29 is 4.74 Å². The number of methoxy groups -OCH3 is 1. The Hall–Kier alpha value is 0.650. The van der Waals surface area contributed by atoms with E-state index in [0.29, 0.717) is 6.10 Å². The van der Waals surface area contributed by atoms with Crippen LogP contribution in [0.4, 0.5) is 0 Å². The highest BCUT2D eigenvalue weighted by atomic mass is 127. The molecule has 0 N–H and O–H groups in total. The van der Waals surface area contributed by atoms with E-state index in [1.54, 1.807) is 7.11 Å². The van der Waals surface area contributed by atoms with Gasteiger partial charge in [-0.1, -0.05) is 22.6 Å². The molecule has 0 spiro atoms. The first-order chi connectivity index (χ1) is 4.86. The first kappa shape index (κ1) is 8.74. The van der Waals surface area contributed by atoms with E-state index < -0.39 is 0 Å². The maximum absolute atomic E-state index is 5.24. The van der Waals surface area contributed by atoms with Gasteiger partial charge in [-0.15, -0.1) is 0 Å². The van der Waals surface area contributed by atoms with Crippen LogP contribution in [-0.4, -0.2) is 42.2 Å². The van der Waals surface area contributed by atoms with Gasteiger partial charge in [0.2, 0.25) is 0 Å². The average Bonchev–Trinajstić information content (AvgIpc) is 2.37. The molecule has 0 radical (unpaired) electrons. The SMILES string of the molecule is CO[C@@H]1CCN(CCI)C1. The van der Waals surface area contributed by atoms with Crippen LogP contribution >= 0.6 is 22.6 Å². The van der Waals surface area contributed by atoms with E-state index in [9.17, 15) is 0 Å². The van der Waals surface area contributed by atoms with Crippen LogP contribution < -0.4 is 0 Å². The van der Waals surface area contributed by atoms with Gasteiger partial charge >= 0.3 is 0 Å². The third-order valence-corrected chi connectivity index (χ3v) is 2.45. The minimum atomic E-state index is 0.503. The largest absolute Gasteiger partial charge is 0.380 e. The van der Waals surface area contributed by atoms with Crippen LogP contribution in [0.3, 0.4) is 0 Å². The second-order valence-corrected chi connectivity index (χ2v) is 3.71. The lowest BCUT2D eigenvalue weighted by atomic mass is 10.3. The second kappa shape index (κ2) is 4.51.